The summed E-state index contributed by atoms with van der Waals surface area (Å²) in [4.78, 5) is 40.2. The maximum absolute atomic E-state index is 13.6. The molecule has 3 unspecified atom stereocenters. The summed E-state index contributed by atoms with van der Waals surface area (Å²) in [5.41, 5.74) is 0. The van der Waals surface area contributed by atoms with Gasteiger partial charge in [-0.2, -0.15) is 0 Å². The molecule has 0 spiro atoms. The molecule has 0 saturated heterocycles. The van der Waals surface area contributed by atoms with Gasteiger partial charge >= 0.3 is 5.97 Å². The molecule has 1 N–H and O–H groups in total. The van der Waals surface area contributed by atoms with Gasteiger partial charge in [-0.15, -0.1) is 0 Å². The maximum Gasteiger partial charge on any atom is 0.306 e. The maximum atomic E-state index is 13.6. The molecule has 0 aromatic carbocycles. The highest BCUT2D eigenvalue weighted by Gasteiger charge is 2.27. The Balaban J connectivity index is 5.25. The highest BCUT2D eigenvalue weighted by molar-refractivity contribution is 7.45. The van der Waals surface area contributed by atoms with Crippen LogP contribution in [-0.2, 0) is 27.9 Å². The standard InChI is InChI=1S/C75H129N2O7P/c1-7-10-13-16-19-22-25-28-30-32-34-36-37-38-39-41-42-44-46-49-52-55-58-61-64-67-74(78)76-72(71-83-85(80,81)82-70-69-77(4,5)6)73(66-63-60-57-54-51-48-27-24-21-18-15-12-9-3)84-75(79)68-65-62-59-56-53-50-47-45-43-40-35-33-31-29-26-23-20-17-14-11-8-2/h11,14,19-20,22-23,28-31,34-36,38-40,45,47,53,56,63,66,72-73H,7-10,12-13,15-18,21,24-27,32-33,37,41-44,46,48-52,54-55,57-62,64-65,67-71H2,1-6H3,(H-,76,78,80,81)/b14-11-,22-19-,23-20-,30-28-,31-29-,36-34-,39-38-,40-35-,47-45-,56-53-,66-63-. The molecule has 9 nitrogen and oxygen atoms in total. The first-order valence-corrected chi connectivity index (χ1v) is 36.0. The number of rotatable bonds is 61. The van der Waals surface area contributed by atoms with E-state index in [4.69, 9.17) is 13.8 Å². The molecule has 0 bridgehead atoms. The number of allylic oxidation sites excluding steroid dienone is 21. The van der Waals surface area contributed by atoms with Gasteiger partial charge in [-0.1, -0.05) is 270 Å². The van der Waals surface area contributed by atoms with Crippen LogP contribution in [0.4, 0.5) is 0 Å². The Bertz CT molecular complexity index is 1920. The van der Waals surface area contributed by atoms with Crippen LogP contribution in [0.15, 0.2) is 134 Å². The Labute approximate surface area is 524 Å². The number of carbonyl (C=O) groups excluding carboxylic acids is 2. The Morgan fingerprint density at radius 3 is 1.16 bits per heavy atom. The predicted molar refractivity (Wildman–Crippen MR) is 366 cm³/mol. The van der Waals surface area contributed by atoms with Crippen LogP contribution in [0.1, 0.15) is 278 Å². The first-order chi connectivity index (χ1) is 41.4. The van der Waals surface area contributed by atoms with Gasteiger partial charge in [0.25, 0.3) is 7.82 Å². The van der Waals surface area contributed by atoms with Crippen LogP contribution in [0.5, 0.6) is 0 Å². The largest absolute Gasteiger partial charge is 0.756 e. The fourth-order valence-corrected chi connectivity index (χ4v) is 10.00. The zero-order chi connectivity index (χ0) is 62.1. The Hall–Kier alpha value is -3.85. The zero-order valence-corrected chi connectivity index (χ0v) is 56.4. The SMILES string of the molecule is CC/C=C\C/C=C\C/C=C\C/C=C\C/C=C\C/C=C\CCCCC(=O)OC(/C=C\CCCCCCCCCCCCC)C(COP(=O)([O-])OCC[N+](C)(C)C)NC(=O)CCCCCCCCCCC/C=C\C/C=C\C/C=C\C/C=C\CCCCC. The highest BCUT2D eigenvalue weighted by atomic mass is 31.2. The van der Waals surface area contributed by atoms with Crippen molar-refractivity contribution < 1.29 is 37.3 Å². The number of phosphoric acid groups is 1. The second kappa shape index (κ2) is 63.2. The molecule has 85 heavy (non-hydrogen) atoms. The minimum atomic E-state index is -4.73. The van der Waals surface area contributed by atoms with Crippen molar-refractivity contribution in [2.24, 2.45) is 0 Å². The van der Waals surface area contributed by atoms with Crippen LogP contribution >= 0.6 is 7.82 Å². The summed E-state index contributed by atoms with van der Waals surface area (Å²) in [6, 6.07) is -0.921. The van der Waals surface area contributed by atoms with E-state index in [9.17, 15) is 19.0 Å². The van der Waals surface area contributed by atoms with Crippen LogP contribution in [0, 0.1) is 0 Å². The van der Waals surface area contributed by atoms with Crippen LogP contribution in [-0.4, -0.2) is 69.4 Å². The highest BCUT2D eigenvalue weighted by Crippen LogP contribution is 2.38. The Morgan fingerprint density at radius 1 is 0.424 bits per heavy atom. The number of nitrogens with zero attached hydrogens (tertiary/aromatic N) is 1. The van der Waals surface area contributed by atoms with Gasteiger partial charge in [0, 0.05) is 12.8 Å². The Kier molecular flexibility index (Phi) is 60.3. The van der Waals surface area contributed by atoms with Gasteiger partial charge in [0.15, 0.2) is 0 Å². The predicted octanol–water partition coefficient (Wildman–Crippen LogP) is 21.4. The van der Waals surface area contributed by atoms with Gasteiger partial charge in [0.1, 0.15) is 19.3 Å². The number of hydrogen-bond donors (Lipinski definition) is 1. The van der Waals surface area contributed by atoms with Gasteiger partial charge < -0.3 is 28.5 Å². The average molecular weight is 1200 g/mol. The van der Waals surface area contributed by atoms with Crippen molar-refractivity contribution in [3.05, 3.63) is 134 Å². The van der Waals surface area contributed by atoms with Crippen molar-refractivity contribution in [3.63, 3.8) is 0 Å². The number of hydrogen-bond acceptors (Lipinski definition) is 7. The summed E-state index contributed by atoms with van der Waals surface area (Å²) in [5, 5.41) is 3.02. The monoisotopic (exact) mass is 1200 g/mol. The van der Waals surface area contributed by atoms with Crippen LogP contribution < -0.4 is 10.2 Å². The first-order valence-electron chi connectivity index (χ1n) is 34.5. The number of carbonyl (C=O) groups is 2. The van der Waals surface area contributed by atoms with Gasteiger partial charge in [-0.05, 0) is 128 Å². The van der Waals surface area contributed by atoms with E-state index in [2.05, 4.69) is 148 Å². The topological polar surface area (TPSA) is 114 Å². The molecular weight excluding hydrogens is 1070 g/mol. The van der Waals surface area contributed by atoms with Crippen LogP contribution in [0.2, 0.25) is 0 Å². The summed E-state index contributed by atoms with van der Waals surface area (Å²) < 4.78 is 30.4. The van der Waals surface area contributed by atoms with Crippen molar-refractivity contribution in [2.45, 2.75) is 290 Å². The second-order valence-electron chi connectivity index (χ2n) is 23.9. The van der Waals surface area contributed by atoms with E-state index >= 15 is 0 Å². The molecule has 10 heteroatoms. The quantitative estimate of drug-likeness (QED) is 0.0212. The fourth-order valence-electron chi connectivity index (χ4n) is 9.27. The Morgan fingerprint density at radius 2 is 0.753 bits per heavy atom. The zero-order valence-electron chi connectivity index (χ0n) is 55.5. The normalized spacial score (nSPS) is 14.4. The average Bonchev–Trinajstić information content (AvgIpc) is 3.48. The number of phosphoric ester groups is 1. The van der Waals surface area contributed by atoms with Crippen molar-refractivity contribution >= 4 is 19.7 Å². The number of quaternary nitrogens is 1. The van der Waals surface area contributed by atoms with E-state index in [1.54, 1.807) is 0 Å². The lowest BCUT2D eigenvalue weighted by molar-refractivity contribution is -0.870. The van der Waals surface area contributed by atoms with Crippen molar-refractivity contribution in [1.29, 1.82) is 0 Å². The fraction of sp³-hybridized carbons (Fsp3) is 0.680. The van der Waals surface area contributed by atoms with E-state index in [-0.39, 0.29) is 24.9 Å². The minimum Gasteiger partial charge on any atom is -0.756 e. The number of unbranched alkanes of at least 4 members (excludes halogenated alkanes) is 25. The molecule has 0 fully saturated rings. The molecule has 0 aliphatic heterocycles. The summed E-state index contributed by atoms with van der Waals surface area (Å²) in [5.74, 6) is -0.604. The van der Waals surface area contributed by atoms with Crippen molar-refractivity contribution in [1.82, 2.24) is 5.32 Å². The van der Waals surface area contributed by atoms with E-state index in [0.29, 0.717) is 23.9 Å². The minimum absolute atomic E-state index is 0.0378. The third-order valence-electron chi connectivity index (χ3n) is 14.6. The van der Waals surface area contributed by atoms with Gasteiger partial charge in [-0.3, -0.25) is 14.2 Å². The third kappa shape index (κ3) is 64.5. The smallest absolute Gasteiger partial charge is 0.306 e. The molecule has 0 saturated carbocycles. The first kappa shape index (κ1) is 81.2. The van der Waals surface area contributed by atoms with E-state index < -0.39 is 26.6 Å². The molecule has 0 aliphatic rings. The summed E-state index contributed by atoms with van der Waals surface area (Å²) in [6.45, 7) is 6.67. The number of likely N-dealkylation sites (N-methyl/N-ethyl adjacent to an activating group) is 1. The van der Waals surface area contributed by atoms with Crippen LogP contribution in [0.25, 0.3) is 0 Å². The molecule has 0 heterocycles. The molecule has 3 atom stereocenters. The lowest BCUT2D eigenvalue weighted by atomic mass is 10.0. The third-order valence-corrected chi connectivity index (χ3v) is 15.5. The molecule has 0 rings (SSSR count). The van der Waals surface area contributed by atoms with Gasteiger partial charge in [0.2, 0.25) is 5.91 Å². The summed E-state index contributed by atoms with van der Waals surface area (Å²) >= 11 is 0. The summed E-state index contributed by atoms with van der Waals surface area (Å²) in [7, 11) is 1.14. The van der Waals surface area contributed by atoms with Gasteiger partial charge in [0.05, 0.1) is 33.8 Å². The molecule has 486 valence electrons. The van der Waals surface area contributed by atoms with Crippen molar-refractivity contribution in [3.8, 4) is 0 Å². The lowest BCUT2D eigenvalue weighted by Crippen LogP contribution is -2.47. The molecule has 0 aromatic rings. The van der Waals surface area contributed by atoms with Gasteiger partial charge in [-0.25, -0.2) is 0 Å². The molecule has 1 amide bonds. The molecule has 0 aromatic heterocycles. The molecular formula is C75H129N2O7P. The molecule has 0 radical (unpaired) electrons. The number of esters is 1. The number of ether oxygens (including phenoxy) is 1. The molecule has 0 aliphatic carbocycles. The summed E-state index contributed by atoms with van der Waals surface area (Å²) in [6.07, 6.45) is 90.0. The van der Waals surface area contributed by atoms with E-state index in [0.717, 1.165) is 122 Å². The number of nitrogens with one attached hydrogen (secondary N) is 1. The lowest BCUT2D eigenvalue weighted by Gasteiger charge is -2.30. The van der Waals surface area contributed by atoms with E-state index in [1.807, 2.05) is 33.3 Å². The van der Waals surface area contributed by atoms with Crippen molar-refractivity contribution in [2.75, 3.05) is 40.9 Å². The van der Waals surface area contributed by atoms with E-state index in [1.165, 1.54) is 116 Å². The van der Waals surface area contributed by atoms with Crippen LogP contribution in [0.3, 0.4) is 0 Å². The number of amides is 1. The second-order valence-corrected chi connectivity index (χ2v) is 25.4.